The van der Waals surface area contributed by atoms with Gasteiger partial charge in [0.15, 0.2) is 12.2 Å². The van der Waals surface area contributed by atoms with Crippen LogP contribution in [0.2, 0.25) is 5.02 Å². The van der Waals surface area contributed by atoms with E-state index < -0.39 is 35.1 Å². The third-order valence-corrected chi connectivity index (χ3v) is 6.81. The first-order chi connectivity index (χ1) is 16.9. The van der Waals surface area contributed by atoms with E-state index >= 15 is 0 Å². The van der Waals surface area contributed by atoms with Gasteiger partial charge in [0.1, 0.15) is 5.75 Å². The Morgan fingerprint density at radius 2 is 1.81 bits per heavy atom. The molecule has 0 aromatic heterocycles. The van der Waals surface area contributed by atoms with E-state index in [0.29, 0.717) is 11.1 Å². The number of alkyl halides is 3. The number of nitrogens with zero attached hydrogens (tertiary/aromatic N) is 1. The number of fused-ring (bicyclic) bond motifs is 1. The van der Waals surface area contributed by atoms with Crippen LogP contribution < -0.4 is 9.64 Å². The molecular formula is C26H21ClF3NO5. The molecule has 1 aliphatic rings. The summed E-state index contributed by atoms with van der Waals surface area (Å²) in [6.07, 6.45) is -5.11. The van der Waals surface area contributed by atoms with Crippen molar-refractivity contribution in [2.75, 3.05) is 18.6 Å². The lowest BCUT2D eigenvalue weighted by Gasteiger charge is -2.38. The lowest BCUT2D eigenvalue weighted by Crippen LogP contribution is -2.47. The summed E-state index contributed by atoms with van der Waals surface area (Å²) in [5.41, 5.74) is -2.99. The number of carbonyl (C=O) groups excluding carboxylic acids is 1. The second-order valence-corrected chi connectivity index (χ2v) is 8.90. The molecule has 3 aromatic rings. The van der Waals surface area contributed by atoms with Crippen LogP contribution in [0.5, 0.6) is 5.75 Å². The van der Waals surface area contributed by atoms with Crippen molar-refractivity contribution >= 4 is 29.2 Å². The highest BCUT2D eigenvalue weighted by Crippen LogP contribution is 2.51. The molecule has 1 amide bonds. The van der Waals surface area contributed by atoms with Crippen LogP contribution in [0.4, 0.5) is 18.9 Å². The van der Waals surface area contributed by atoms with Gasteiger partial charge in [-0.3, -0.25) is 4.79 Å². The van der Waals surface area contributed by atoms with Crippen molar-refractivity contribution < 1.29 is 37.7 Å². The van der Waals surface area contributed by atoms with Crippen molar-refractivity contribution in [2.24, 2.45) is 0 Å². The summed E-state index contributed by atoms with van der Waals surface area (Å²) in [6, 6.07) is 13.8. The number of rotatable bonds is 5. The number of amides is 1. The van der Waals surface area contributed by atoms with Gasteiger partial charge in [-0.05, 0) is 46.5 Å². The van der Waals surface area contributed by atoms with Gasteiger partial charge >= 0.3 is 12.1 Å². The van der Waals surface area contributed by atoms with Crippen molar-refractivity contribution in [1.29, 1.82) is 0 Å². The summed E-state index contributed by atoms with van der Waals surface area (Å²) < 4.78 is 48.7. The Morgan fingerprint density at radius 3 is 2.44 bits per heavy atom. The second kappa shape index (κ2) is 9.15. The van der Waals surface area contributed by atoms with Gasteiger partial charge in [-0.15, -0.1) is 0 Å². The lowest BCUT2D eigenvalue weighted by molar-refractivity contribution is -0.274. The molecule has 0 saturated heterocycles. The van der Waals surface area contributed by atoms with Crippen molar-refractivity contribution in [3.05, 3.63) is 82.4 Å². The maximum absolute atomic E-state index is 14.5. The van der Waals surface area contributed by atoms with Crippen LogP contribution in [0.3, 0.4) is 0 Å². The fourth-order valence-electron chi connectivity index (χ4n) is 4.36. The number of benzene rings is 3. The van der Waals surface area contributed by atoms with Crippen LogP contribution in [-0.4, -0.2) is 41.9 Å². The Balaban J connectivity index is 1.80. The Morgan fingerprint density at radius 1 is 1.11 bits per heavy atom. The minimum atomic E-state index is -5.11. The topological polar surface area (TPSA) is 87.1 Å². The van der Waals surface area contributed by atoms with Crippen LogP contribution in [0.1, 0.15) is 34.3 Å². The predicted octanol–water partition coefficient (Wildman–Crippen LogP) is 5.61. The van der Waals surface area contributed by atoms with Gasteiger partial charge in [0.2, 0.25) is 0 Å². The zero-order valence-corrected chi connectivity index (χ0v) is 19.9. The van der Waals surface area contributed by atoms with Crippen molar-refractivity contribution in [2.45, 2.75) is 24.6 Å². The highest BCUT2D eigenvalue weighted by molar-refractivity contribution is 6.31. The quantitative estimate of drug-likeness (QED) is 0.457. The number of aliphatic hydroxyl groups is 1. The smallest absolute Gasteiger partial charge is 0.422 e. The molecule has 10 heteroatoms. The summed E-state index contributed by atoms with van der Waals surface area (Å²) in [7, 11) is 1.41. The molecule has 0 radical (unpaired) electrons. The number of hydrogen-bond donors (Lipinski definition) is 2. The van der Waals surface area contributed by atoms with Gasteiger partial charge in [-0.1, -0.05) is 54.9 Å². The number of hydrogen-bond acceptors (Lipinski definition) is 4. The fourth-order valence-corrected chi connectivity index (χ4v) is 4.70. The first-order valence-electron chi connectivity index (χ1n) is 10.8. The number of halogens is 4. The number of aromatic carboxylic acids is 1. The van der Waals surface area contributed by atoms with E-state index in [4.69, 9.17) is 16.3 Å². The standard InChI is InChI=1S/C26H21ClF3NO5/c1-14(17-9-7-15(11-20(17)27)18-5-3-4-6-19(18)24(33)34)25(35,26(28,29)30)16-8-10-22-21(12-16)31(2)23(32)13-36-22/h3-12,14,35H,13H2,1-2H3,(H,33,34)/t14-,25-/m0/s1. The Kier molecular flexibility index (Phi) is 6.49. The van der Waals surface area contributed by atoms with Gasteiger partial charge in [-0.25, -0.2) is 4.79 Å². The minimum Gasteiger partial charge on any atom is -0.482 e. The largest absolute Gasteiger partial charge is 0.482 e. The predicted molar refractivity (Wildman–Crippen MR) is 128 cm³/mol. The van der Waals surface area contributed by atoms with Crippen molar-refractivity contribution in [3.8, 4) is 16.9 Å². The Labute approximate surface area is 209 Å². The van der Waals surface area contributed by atoms with Gasteiger partial charge in [0, 0.05) is 18.0 Å². The molecule has 1 aliphatic heterocycles. The molecule has 2 N–H and O–H groups in total. The highest BCUT2D eigenvalue weighted by Gasteiger charge is 2.59. The molecule has 6 nitrogen and oxygen atoms in total. The molecule has 1 heterocycles. The molecule has 0 aliphatic carbocycles. The maximum atomic E-state index is 14.5. The number of carboxylic acid groups (broad SMARTS) is 1. The summed E-state index contributed by atoms with van der Waals surface area (Å²) >= 11 is 6.41. The van der Waals surface area contributed by atoms with E-state index in [9.17, 15) is 33.0 Å². The molecule has 36 heavy (non-hydrogen) atoms. The van der Waals surface area contributed by atoms with Crippen LogP contribution in [0.15, 0.2) is 60.7 Å². The van der Waals surface area contributed by atoms with Crippen LogP contribution in [0, 0.1) is 0 Å². The van der Waals surface area contributed by atoms with Gasteiger partial charge in [-0.2, -0.15) is 13.2 Å². The summed E-state index contributed by atoms with van der Waals surface area (Å²) in [5, 5.41) is 20.6. The normalized spacial score (nSPS) is 16.1. The number of likely N-dealkylation sites (N-methyl/N-ethyl adjacent to an activating group) is 1. The third kappa shape index (κ3) is 4.18. The lowest BCUT2D eigenvalue weighted by atomic mass is 9.77. The SMILES string of the molecule is C[C@@H](c1ccc(-c2ccccc2C(=O)O)cc1Cl)[C@](O)(c1ccc2c(c1)N(C)C(=O)CO2)C(F)(F)F. The van der Waals surface area contributed by atoms with Crippen LogP contribution >= 0.6 is 11.6 Å². The molecule has 0 unspecified atom stereocenters. The zero-order chi connectivity index (χ0) is 26.4. The fraction of sp³-hybridized carbons (Fsp3) is 0.231. The van der Waals surface area contributed by atoms with E-state index in [2.05, 4.69) is 0 Å². The van der Waals surface area contributed by atoms with Crippen molar-refractivity contribution in [3.63, 3.8) is 0 Å². The molecule has 3 aromatic carbocycles. The van der Waals surface area contributed by atoms with E-state index in [-0.39, 0.29) is 34.2 Å². The first-order valence-corrected chi connectivity index (χ1v) is 11.2. The monoisotopic (exact) mass is 519 g/mol. The van der Waals surface area contributed by atoms with E-state index in [0.717, 1.165) is 12.1 Å². The first kappa shape index (κ1) is 25.5. The molecular weight excluding hydrogens is 499 g/mol. The highest BCUT2D eigenvalue weighted by atomic mass is 35.5. The summed E-state index contributed by atoms with van der Waals surface area (Å²) in [6.45, 7) is 0.958. The molecule has 0 bridgehead atoms. The minimum absolute atomic E-state index is 0.00597. The van der Waals surface area contributed by atoms with Gasteiger partial charge in [0.05, 0.1) is 11.3 Å². The van der Waals surface area contributed by atoms with E-state index in [1.54, 1.807) is 18.2 Å². The van der Waals surface area contributed by atoms with Crippen molar-refractivity contribution in [1.82, 2.24) is 0 Å². The van der Waals surface area contributed by atoms with Crippen LogP contribution in [-0.2, 0) is 10.4 Å². The number of carbonyl (C=O) groups is 2. The van der Waals surface area contributed by atoms with Crippen LogP contribution in [0.25, 0.3) is 11.1 Å². The number of anilines is 1. The molecule has 188 valence electrons. The van der Waals surface area contributed by atoms with E-state index in [1.165, 1.54) is 49.2 Å². The van der Waals surface area contributed by atoms with Gasteiger partial charge < -0.3 is 19.8 Å². The molecule has 0 fully saturated rings. The average molecular weight is 520 g/mol. The van der Waals surface area contributed by atoms with Gasteiger partial charge in [0.25, 0.3) is 5.91 Å². The number of carboxylic acids is 1. The summed E-state index contributed by atoms with van der Waals surface area (Å²) in [4.78, 5) is 24.7. The zero-order valence-electron chi connectivity index (χ0n) is 19.1. The molecule has 0 spiro atoms. The average Bonchev–Trinajstić information content (AvgIpc) is 2.84. The molecule has 0 saturated carbocycles. The van der Waals surface area contributed by atoms with E-state index in [1.807, 2.05) is 0 Å². The Hall–Kier alpha value is -3.56. The Bertz CT molecular complexity index is 1360. The molecule has 4 rings (SSSR count). The number of ether oxygens (including phenoxy) is 1. The molecule has 2 atom stereocenters. The second-order valence-electron chi connectivity index (χ2n) is 8.50. The third-order valence-electron chi connectivity index (χ3n) is 6.48. The summed E-state index contributed by atoms with van der Waals surface area (Å²) in [5.74, 6) is -2.95. The maximum Gasteiger partial charge on any atom is 0.422 e.